The Hall–Kier alpha value is -3.14. The normalized spacial score (nSPS) is 12.9. The largest absolute Gasteiger partial charge is 0.466 e. The summed E-state index contributed by atoms with van der Waals surface area (Å²) in [4.78, 5) is 53.1. The van der Waals surface area contributed by atoms with Crippen molar-refractivity contribution in [2.75, 3.05) is 26.3 Å². The highest BCUT2D eigenvalue weighted by Crippen LogP contribution is 2.27. The minimum atomic E-state index is -1.10. The van der Waals surface area contributed by atoms with Crippen molar-refractivity contribution in [2.45, 2.75) is 85.9 Å². The molecule has 1 aromatic carbocycles. The van der Waals surface area contributed by atoms with Gasteiger partial charge in [0.05, 0.1) is 19.6 Å². The predicted octanol–water partition coefficient (Wildman–Crippen LogP) is 3.17. The molecule has 2 atom stereocenters. The molecule has 1 rings (SSSR count). The van der Waals surface area contributed by atoms with Crippen LogP contribution in [0.15, 0.2) is 18.2 Å². The van der Waals surface area contributed by atoms with Gasteiger partial charge in [0.1, 0.15) is 17.7 Å². The first-order valence-corrected chi connectivity index (χ1v) is 13.1. The number of ether oxygens (including phenoxy) is 2. The SMILES string of the molecule is CCOC(=O)CCNC(=O)C(c1ccc(C)cc1C)N(CCO)C(=O)C(CC(C)C)NC(=O)OC(C)(C)C. The molecule has 0 saturated heterocycles. The fraction of sp³-hybridized carbons (Fsp3) is 0.643. The Balaban J connectivity index is 3.42. The van der Waals surface area contributed by atoms with E-state index in [-0.39, 0.29) is 32.0 Å². The highest BCUT2D eigenvalue weighted by molar-refractivity contribution is 5.92. The van der Waals surface area contributed by atoms with Crippen LogP contribution in [0.1, 0.15) is 77.1 Å². The smallest absolute Gasteiger partial charge is 0.408 e. The van der Waals surface area contributed by atoms with Crippen molar-refractivity contribution in [3.8, 4) is 0 Å². The maximum atomic E-state index is 13.9. The van der Waals surface area contributed by atoms with Gasteiger partial charge in [-0.05, 0) is 65.0 Å². The first-order chi connectivity index (χ1) is 17.7. The van der Waals surface area contributed by atoms with Gasteiger partial charge in [0.2, 0.25) is 11.8 Å². The van der Waals surface area contributed by atoms with E-state index >= 15 is 0 Å². The van der Waals surface area contributed by atoms with E-state index in [1.807, 2.05) is 39.8 Å². The summed E-state index contributed by atoms with van der Waals surface area (Å²) < 4.78 is 10.3. The number of alkyl carbamates (subject to hydrolysis) is 1. The molecule has 0 radical (unpaired) electrons. The summed E-state index contributed by atoms with van der Waals surface area (Å²) >= 11 is 0. The third kappa shape index (κ3) is 11.1. The fourth-order valence-electron chi connectivity index (χ4n) is 4.02. The molecule has 0 fully saturated rings. The summed E-state index contributed by atoms with van der Waals surface area (Å²) in [5, 5.41) is 15.3. The molecule has 2 unspecified atom stereocenters. The lowest BCUT2D eigenvalue weighted by Gasteiger charge is -2.35. The summed E-state index contributed by atoms with van der Waals surface area (Å²) in [6.07, 6.45) is -0.477. The van der Waals surface area contributed by atoms with E-state index in [0.29, 0.717) is 12.0 Å². The van der Waals surface area contributed by atoms with E-state index in [1.54, 1.807) is 33.8 Å². The van der Waals surface area contributed by atoms with Gasteiger partial charge in [0, 0.05) is 13.1 Å². The lowest BCUT2D eigenvalue weighted by atomic mass is 9.95. The average molecular weight is 536 g/mol. The summed E-state index contributed by atoms with van der Waals surface area (Å²) in [6.45, 7) is 14.2. The Kier molecular flexibility index (Phi) is 13.3. The van der Waals surface area contributed by atoms with Crippen molar-refractivity contribution in [3.63, 3.8) is 0 Å². The molecule has 38 heavy (non-hydrogen) atoms. The van der Waals surface area contributed by atoms with Gasteiger partial charge < -0.3 is 30.1 Å². The zero-order valence-corrected chi connectivity index (χ0v) is 24.1. The van der Waals surface area contributed by atoms with Crippen LogP contribution in [0.25, 0.3) is 0 Å². The van der Waals surface area contributed by atoms with Crippen molar-refractivity contribution in [1.29, 1.82) is 0 Å². The van der Waals surface area contributed by atoms with Crippen LogP contribution in [-0.2, 0) is 23.9 Å². The summed E-state index contributed by atoms with van der Waals surface area (Å²) in [5.41, 5.74) is 1.58. The van der Waals surface area contributed by atoms with Crippen LogP contribution in [-0.4, -0.2) is 71.8 Å². The third-order valence-electron chi connectivity index (χ3n) is 5.53. The highest BCUT2D eigenvalue weighted by Gasteiger charge is 2.37. The van der Waals surface area contributed by atoms with Gasteiger partial charge in [-0.15, -0.1) is 0 Å². The van der Waals surface area contributed by atoms with E-state index in [9.17, 15) is 24.3 Å². The number of benzene rings is 1. The van der Waals surface area contributed by atoms with E-state index < -0.39 is 48.2 Å². The van der Waals surface area contributed by atoms with Crippen molar-refractivity contribution < 1.29 is 33.8 Å². The number of aryl methyl sites for hydroxylation is 2. The van der Waals surface area contributed by atoms with Gasteiger partial charge in [0.25, 0.3) is 0 Å². The summed E-state index contributed by atoms with van der Waals surface area (Å²) in [7, 11) is 0. The Morgan fingerprint density at radius 2 is 1.76 bits per heavy atom. The number of aliphatic hydroxyl groups excluding tert-OH is 1. The molecule has 0 aromatic heterocycles. The third-order valence-corrected chi connectivity index (χ3v) is 5.53. The molecule has 10 heteroatoms. The van der Waals surface area contributed by atoms with Crippen molar-refractivity contribution in [1.82, 2.24) is 15.5 Å². The van der Waals surface area contributed by atoms with E-state index in [1.165, 1.54) is 4.90 Å². The second-order valence-corrected chi connectivity index (χ2v) is 10.7. The van der Waals surface area contributed by atoms with Crippen LogP contribution in [0.3, 0.4) is 0 Å². The average Bonchev–Trinajstić information content (AvgIpc) is 2.77. The Morgan fingerprint density at radius 1 is 1.11 bits per heavy atom. The number of hydrogen-bond donors (Lipinski definition) is 3. The van der Waals surface area contributed by atoms with Gasteiger partial charge in [-0.1, -0.05) is 37.6 Å². The molecule has 10 nitrogen and oxygen atoms in total. The van der Waals surface area contributed by atoms with Gasteiger partial charge >= 0.3 is 12.1 Å². The van der Waals surface area contributed by atoms with E-state index in [2.05, 4.69) is 10.6 Å². The molecule has 0 bridgehead atoms. The van der Waals surface area contributed by atoms with E-state index in [0.717, 1.165) is 11.1 Å². The van der Waals surface area contributed by atoms with Crippen LogP contribution >= 0.6 is 0 Å². The molecule has 0 spiro atoms. The molecule has 1 aromatic rings. The molecule has 0 saturated carbocycles. The zero-order valence-electron chi connectivity index (χ0n) is 24.1. The number of rotatable bonds is 13. The minimum Gasteiger partial charge on any atom is -0.466 e. The second-order valence-electron chi connectivity index (χ2n) is 10.7. The number of hydrogen-bond acceptors (Lipinski definition) is 7. The van der Waals surface area contributed by atoms with Crippen LogP contribution in [0.2, 0.25) is 0 Å². The van der Waals surface area contributed by atoms with Crippen LogP contribution in [0.5, 0.6) is 0 Å². The first-order valence-electron chi connectivity index (χ1n) is 13.1. The van der Waals surface area contributed by atoms with Gasteiger partial charge in [-0.2, -0.15) is 0 Å². The molecule has 0 aliphatic heterocycles. The van der Waals surface area contributed by atoms with Gasteiger partial charge in [-0.25, -0.2) is 4.79 Å². The molecule has 0 aliphatic carbocycles. The first kappa shape index (κ1) is 32.9. The molecule has 0 aliphatic rings. The van der Waals surface area contributed by atoms with Crippen molar-refractivity contribution in [2.24, 2.45) is 5.92 Å². The van der Waals surface area contributed by atoms with Crippen molar-refractivity contribution >= 4 is 23.9 Å². The van der Waals surface area contributed by atoms with E-state index in [4.69, 9.17) is 9.47 Å². The molecule has 3 N–H and O–H groups in total. The number of esters is 1. The number of amides is 3. The lowest BCUT2D eigenvalue weighted by molar-refractivity contribution is -0.144. The molecular weight excluding hydrogens is 490 g/mol. The second kappa shape index (κ2) is 15.3. The zero-order chi connectivity index (χ0) is 29.0. The molecule has 0 heterocycles. The Labute approximate surface area is 226 Å². The number of nitrogens with one attached hydrogen (secondary N) is 2. The standard InChI is InChI=1S/C28H45N3O7/c1-9-37-23(33)12-13-29-25(34)24(21-11-10-19(4)17-20(21)5)31(14-15-32)26(35)22(16-18(2)3)30-27(36)38-28(6,7)8/h10-11,17-18,22,24,32H,9,12-16H2,1-8H3,(H,29,34)(H,30,36). The van der Waals surface area contributed by atoms with Gasteiger partial charge in [-0.3, -0.25) is 14.4 Å². The van der Waals surface area contributed by atoms with Crippen LogP contribution < -0.4 is 10.6 Å². The quantitative estimate of drug-likeness (QED) is 0.330. The molecule has 214 valence electrons. The highest BCUT2D eigenvalue weighted by atomic mass is 16.6. The van der Waals surface area contributed by atoms with Crippen LogP contribution in [0, 0.1) is 19.8 Å². The summed E-state index contributed by atoms with van der Waals surface area (Å²) in [5.74, 6) is -1.45. The monoisotopic (exact) mass is 535 g/mol. The Bertz CT molecular complexity index is 956. The number of aliphatic hydroxyl groups is 1. The Morgan fingerprint density at radius 3 is 2.29 bits per heavy atom. The molecule has 3 amide bonds. The minimum absolute atomic E-state index is 0.0197. The molecular formula is C28H45N3O7. The number of carbonyl (C=O) groups is 4. The maximum absolute atomic E-state index is 13.9. The summed E-state index contributed by atoms with van der Waals surface area (Å²) in [6, 6.07) is 3.43. The number of nitrogens with zero attached hydrogens (tertiary/aromatic N) is 1. The number of carbonyl (C=O) groups excluding carboxylic acids is 4. The lowest BCUT2D eigenvalue weighted by Crippen LogP contribution is -2.54. The van der Waals surface area contributed by atoms with Crippen molar-refractivity contribution in [3.05, 3.63) is 34.9 Å². The van der Waals surface area contributed by atoms with Gasteiger partial charge in [0.15, 0.2) is 0 Å². The van der Waals surface area contributed by atoms with Crippen LogP contribution in [0.4, 0.5) is 4.79 Å². The topological polar surface area (TPSA) is 134 Å². The maximum Gasteiger partial charge on any atom is 0.408 e. The fourth-order valence-corrected chi connectivity index (χ4v) is 4.02. The predicted molar refractivity (Wildman–Crippen MR) is 144 cm³/mol.